The van der Waals surface area contributed by atoms with Gasteiger partial charge in [0.1, 0.15) is 34.8 Å². The van der Waals surface area contributed by atoms with E-state index in [-0.39, 0.29) is 84.9 Å². The van der Waals surface area contributed by atoms with Gasteiger partial charge in [0.2, 0.25) is 0 Å². The number of nitrogens with one attached hydrogen (secondary N) is 1. The predicted octanol–water partition coefficient (Wildman–Crippen LogP) is 15.4. The largest absolute Gasteiger partial charge is 1.00 e. The average Bonchev–Trinajstić information content (AvgIpc) is 0.841. The summed E-state index contributed by atoms with van der Waals surface area (Å²) < 4.78 is 0. The van der Waals surface area contributed by atoms with Gasteiger partial charge in [0.05, 0.1) is 11.4 Å². The molecule has 3 heterocycles. The van der Waals surface area contributed by atoms with Crippen molar-refractivity contribution in [2.45, 2.75) is 82.1 Å². The number of nitrogens with two attached hydrogens (primary N) is 8. The quantitative estimate of drug-likeness (QED) is 0.00718. The number of azo groups is 1. The normalized spacial score (nSPS) is 11.2. The van der Waals surface area contributed by atoms with Crippen molar-refractivity contribution in [3.63, 3.8) is 0 Å². The third kappa shape index (κ3) is 28.8. The van der Waals surface area contributed by atoms with E-state index in [9.17, 15) is 0 Å². The Bertz CT molecular complexity index is 4040. The zero-order valence-electron chi connectivity index (χ0n) is 55.7. The molecule has 0 aliphatic carbocycles. The Morgan fingerprint density at radius 1 is 0.414 bits per heavy atom. The molecule has 99 heavy (non-hydrogen) atoms. The summed E-state index contributed by atoms with van der Waals surface area (Å²) in [5, 5.41) is 22.8. The molecule has 3 unspecified atom stereocenters. The maximum absolute atomic E-state index is 8.00. The Kier molecular flexibility index (Phi) is 38.0. The number of pyridine rings is 3. The van der Waals surface area contributed by atoms with E-state index < -0.39 is 0 Å². The number of nitrogens with zero attached hydrogens (tertiary/aromatic N) is 6. The smallest absolute Gasteiger partial charge is 0.444 e. The second-order valence-electron chi connectivity index (χ2n) is 22.7. The first-order chi connectivity index (χ1) is 46.7. The van der Waals surface area contributed by atoms with Crippen LogP contribution in [0.25, 0.3) is 0 Å². The predicted molar refractivity (Wildman–Crippen MR) is 407 cm³/mol. The number of hydrogen-bond acceptors (Lipinski definition) is 17. The van der Waals surface area contributed by atoms with Crippen LogP contribution in [0.1, 0.15) is 113 Å². The third-order valence-corrected chi connectivity index (χ3v) is 16.2. The molecular formula is C77H85Cl3N15NaO2Zn. The van der Waals surface area contributed by atoms with Crippen LogP contribution in [0.2, 0.25) is 10.0 Å². The Hall–Kier alpha value is -8.94. The van der Waals surface area contributed by atoms with Crippen molar-refractivity contribution in [2.24, 2.45) is 15.6 Å². The second-order valence-corrected chi connectivity index (χ2v) is 23.5. The zero-order valence-corrected chi connectivity index (χ0v) is 63.0. The van der Waals surface area contributed by atoms with Gasteiger partial charge in [-0.05, 0) is 174 Å². The van der Waals surface area contributed by atoms with Crippen LogP contribution in [0.4, 0.5) is 57.7 Å². The summed E-state index contributed by atoms with van der Waals surface area (Å²) in [4.78, 5) is 20.4. The van der Waals surface area contributed by atoms with Gasteiger partial charge in [-0.3, -0.25) is 0 Å². The van der Waals surface area contributed by atoms with Crippen LogP contribution in [-0.2, 0) is 38.9 Å². The van der Waals surface area contributed by atoms with Crippen LogP contribution in [0, 0.1) is 10.1 Å². The van der Waals surface area contributed by atoms with E-state index in [1.54, 1.807) is 36.4 Å². The number of benzene rings is 8. The molecule has 0 spiro atoms. The molecule has 0 radical (unpaired) electrons. The minimum atomic E-state index is 0. The number of unbranched alkanes of at least 4 members (excludes halogenated alkanes) is 2. The molecule has 0 bridgehead atoms. The Morgan fingerprint density at radius 2 is 0.788 bits per heavy atom. The van der Waals surface area contributed by atoms with E-state index in [2.05, 4.69) is 158 Å². The van der Waals surface area contributed by atoms with Crippen LogP contribution in [0.5, 0.6) is 0 Å². The zero-order chi connectivity index (χ0) is 68.3. The summed E-state index contributed by atoms with van der Waals surface area (Å²) in [6.45, 7) is 1.68. The van der Waals surface area contributed by atoms with Gasteiger partial charge in [0, 0.05) is 59.5 Å². The van der Waals surface area contributed by atoms with Crippen molar-refractivity contribution in [2.75, 3.05) is 52.4 Å². The number of halogens is 3. The molecule has 22 heteroatoms. The molecule has 3 aromatic heterocycles. The molecule has 11 rings (SSSR count). The van der Waals surface area contributed by atoms with E-state index in [0.717, 1.165) is 97.2 Å². The van der Waals surface area contributed by atoms with Crippen LogP contribution in [0.3, 0.4) is 0 Å². The molecular weight excluding hydrogens is 1360 g/mol. The number of hydrogen-bond donors (Lipinski definition) is 9. The maximum Gasteiger partial charge on any atom is 1.00 e. The van der Waals surface area contributed by atoms with Gasteiger partial charge >= 0.3 is 29.6 Å². The number of anilines is 8. The molecule has 0 saturated heterocycles. The maximum atomic E-state index is 8.00. The standard InChI is InChI=1S/C28H28ClN5.C22H25N3.C21H25N5.C6H6ClN.ClH.HNO2.Na.Zn/c29-22-15-17-23(18-16-22)33-34-27-25(19-26(30)32-28(27)31)24(21-12-5-2-6-13-21)14-8-7-11-20-9-3-1-4-10-20;23-21-15-19(16-22(24)25-21)20(18-12-5-2-6-13-18)14-8-7-11-17-9-3-1-4-10-17;22-19-13-18(20(23)21(24)26-19)17(16-9-5-2-6-10-16)11-12-25-14-15-7-3-1-4-8-15;7-5-1-3-6(8)4-2-5;;2-1-3;;/h1-6,9-10,12-13,15-19,24H,7-8,11,14H2,(H4,30,31,32);1-6,9-10,12-13,15-16,20H,7-8,11,14H2,(H4,23,24,25);1-10,13,17,25H,11-12,14,23H2,(H4,22,24,26);1-4H,8H2;1H;(H,2,3);;/q;;;;;;+1;/p-1. The summed E-state index contributed by atoms with van der Waals surface area (Å²) >= 11 is 11.5. The molecule has 11 aromatic rings. The van der Waals surface area contributed by atoms with E-state index >= 15 is 0 Å². The first kappa shape index (κ1) is 82.5. The minimum Gasteiger partial charge on any atom is -0.444 e. The van der Waals surface area contributed by atoms with Crippen molar-refractivity contribution in [3.05, 3.63) is 325 Å². The fourth-order valence-corrected chi connectivity index (χ4v) is 11.3. The average molecular weight is 1450 g/mol. The molecule has 0 aliphatic rings. The molecule has 0 fully saturated rings. The summed E-state index contributed by atoms with van der Waals surface area (Å²) in [5.41, 5.74) is 60.9. The molecule has 8 aromatic carbocycles. The number of rotatable bonds is 23. The fraction of sp³-hybridized carbons (Fsp3) is 0.182. The van der Waals surface area contributed by atoms with Gasteiger partial charge in [-0.1, -0.05) is 218 Å². The van der Waals surface area contributed by atoms with Gasteiger partial charge < -0.3 is 61.3 Å². The van der Waals surface area contributed by atoms with Gasteiger partial charge in [0.15, 0.2) is 5.82 Å². The number of aryl methyl sites for hydroxylation is 2. The van der Waals surface area contributed by atoms with Crippen molar-refractivity contribution in [1.82, 2.24) is 20.3 Å². The van der Waals surface area contributed by atoms with Crippen molar-refractivity contribution in [3.8, 4) is 0 Å². The topological polar surface area (TPSA) is 336 Å². The Labute approximate surface area is 632 Å². The van der Waals surface area contributed by atoms with Crippen molar-refractivity contribution >= 4 is 93.3 Å². The molecule has 17 N–H and O–H groups in total. The van der Waals surface area contributed by atoms with E-state index in [4.69, 9.17) is 79.2 Å². The van der Waals surface area contributed by atoms with Crippen molar-refractivity contribution < 1.29 is 49.0 Å². The summed E-state index contributed by atoms with van der Waals surface area (Å²) in [6.07, 6.45) is 9.50. The third-order valence-electron chi connectivity index (χ3n) is 15.7. The first-order valence-corrected chi connectivity index (χ1v) is 32.4. The summed E-state index contributed by atoms with van der Waals surface area (Å²) in [6, 6.07) is 84.6. The molecule has 504 valence electrons. The summed E-state index contributed by atoms with van der Waals surface area (Å²) in [7, 11) is 0. The Morgan fingerprint density at radius 3 is 1.24 bits per heavy atom. The van der Waals surface area contributed by atoms with Crippen LogP contribution in [-0.4, -0.2) is 21.5 Å². The van der Waals surface area contributed by atoms with E-state index in [1.807, 2.05) is 91.0 Å². The fourth-order valence-electron chi connectivity index (χ4n) is 11.1. The number of aromatic nitrogens is 3. The first-order valence-electron chi connectivity index (χ1n) is 31.7. The van der Waals surface area contributed by atoms with Crippen LogP contribution in [0.15, 0.2) is 270 Å². The molecule has 0 aliphatic heterocycles. The van der Waals surface area contributed by atoms with Crippen LogP contribution >= 0.6 is 35.6 Å². The molecule has 17 nitrogen and oxygen atoms in total. The van der Waals surface area contributed by atoms with Gasteiger partial charge in [-0.15, -0.1) is 22.9 Å². The van der Waals surface area contributed by atoms with Gasteiger partial charge in [0.25, 0.3) is 0 Å². The van der Waals surface area contributed by atoms with Gasteiger partial charge in [-0.2, -0.15) is 5.11 Å². The minimum absolute atomic E-state index is 0. The number of nitrogen functional groups attached to an aromatic ring is 8. The molecule has 0 saturated carbocycles. The monoisotopic (exact) mass is 1440 g/mol. The van der Waals surface area contributed by atoms with E-state index in [0.29, 0.717) is 51.3 Å². The summed E-state index contributed by atoms with van der Waals surface area (Å²) in [5.74, 6) is 2.78. The molecule has 0 amide bonds. The second kappa shape index (κ2) is 45.6. The van der Waals surface area contributed by atoms with Crippen LogP contribution < -0.4 is 80.7 Å². The SMILES string of the molecule is Cl.Nc1cc(C(CCCCc2ccccc2)c2ccccc2)c(N=Nc2ccc(Cl)cc2)c(N)n1.Nc1cc(C(CCCCc2ccccc2)c2ccccc2)cc(N)n1.Nc1cc(C(CCNCc2ccccc2)c2ccccc2)c(N)c(N)n1.Nc1ccc(Cl)cc1.O=N[O-].[Na+].[Zn]. The van der Waals surface area contributed by atoms with Gasteiger partial charge in [-0.25, -0.2) is 15.0 Å². The van der Waals surface area contributed by atoms with E-state index in [1.165, 1.54) is 39.8 Å². The Balaban J connectivity index is 0.000000291. The molecule has 3 atom stereocenters. The van der Waals surface area contributed by atoms with Crippen molar-refractivity contribution in [1.29, 1.82) is 0 Å².